The van der Waals surface area contributed by atoms with Gasteiger partial charge < -0.3 is 15.4 Å². The Balaban J connectivity index is 1.90. The predicted octanol–water partition coefficient (Wildman–Crippen LogP) is 2.67. The summed E-state index contributed by atoms with van der Waals surface area (Å²) in [5.74, 6) is 2.03. The highest BCUT2D eigenvalue weighted by molar-refractivity contribution is 7.89. The van der Waals surface area contributed by atoms with Crippen LogP contribution in [-0.4, -0.2) is 44.3 Å². The number of benzene rings is 1. The Hall–Kier alpha value is -2.39. The van der Waals surface area contributed by atoms with E-state index in [2.05, 4.69) is 25.3 Å². The molecule has 0 unspecified atom stereocenters. The van der Waals surface area contributed by atoms with Crippen molar-refractivity contribution < 1.29 is 13.2 Å². The van der Waals surface area contributed by atoms with E-state index in [9.17, 15) is 8.42 Å². The van der Waals surface area contributed by atoms with Gasteiger partial charge in [0.15, 0.2) is 0 Å². The molecule has 0 fully saturated rings. The van der Waals surface area contributed by atoms with Gasteiger partial charge in [-0.2, -0.15) is 4.98 Å². The molecule has 0 radical (unpaired) electrons. The summed E-state index contributed by atoms with van der Waals surface area (Å²) in [5, 5.41) is 6.27. The molecule has 0 atom stereocenters. The molecule has 2 rings (SSSR count). The molecule has 0 saturated carbocycles. The Morgan fingerprint density at radius 2 is 1.85 bits per heavy atom. The average Bonchev–Trinajstić information content (AvgIpc) is 2.64. The summed E-state index contributed by atoms with van der Waals surface area (Å²) >= 11 is 0. The van der Waals surface area contributed by atoms with Crippen molar-refractivity contribution in [3.8, 4) is 5.75 Å². The molecule has 27 heavy (non-hydrogen) atoms. The Kier molecular flexibility index (Phi) is 7.81. The molecular weight excluding hydrogens is 366 g/mol. The third-order valence-electron chi connectivity index (χ3n) is 3.71. The van der Waals surface area contributed by atoms with Crippen molar-refractivity contribution in [3.63, 3.8) is 0 Å². The fraction of sp³-hybridized carbons (Fsp3) is 0.444. The van der Waals surface area contributed by atoms with Crippen LogP contribution in [0.25, 0.3) is 0 Å². The van der Waals surface area contributed by atoms with Crippen molar-refractivity contribution in [1.82, 2.24) is 14.7 Å². The van der Waals surface area contributed by atoms with Crippen molar-refractivity contribution >= 4 is 27.5 Å². The van der Waals surface area contributed by atoms with Crippen LogP contribution in [0.15, 0.2) is 30.3 Å². The normalized spacial score (nSPS) is 11.2. The first kappa shape index (κ1) is 20.9. The van der Waals surface area contributed by atoms with Crippen LogP contribution in [0, 0.1) is 6.92 Å². The highest BCUT2D eigenvalue weighted by Gasteiger charge is 2.08. The Morgan fingerprint density at radius 1 is 1.11 bits per heavy atom. The standard InChI is InChI=1S/C18H27N5O3S/c1-4-5-12-27(24,25)20-11-10-19-18-21-14(2)13-17(23-18)22-15-6-8-16(26-3)9-7-15/h6-9,13,20H,4-5,10-12H2,1-3H3,(H2,19,21,22,23). The Morgan fingerprint density at radius 3 is 2.52 bits per heavy atom. The molecule has 0 aliphatic heterocycles. The number of methoxy groups -OCH3 is 1. The molecule has 8 nitrogen and oxygen atoms in total. The number of aromatic nitrogens is 2. The number of sulfonamides is 1. The van der Waals surface area contributed by atoms with Crippen LogP contribution in [0.2, 0.25) is 0 Å². The van der Waals surface area contributed by atoms with Crippen LogP contribution in [-0.2, 0) is 10.0 Å². The number of hydrogen-bond acceptors (Lipinski definition) is 7. The zero-order valence-electron chi connectivity index (χ0n) is 15.9. The maximum absolute atomic E-state index is 11.8. The van der Waals surface area contributed by atoms with Crippen LogP contribution in [0.4, 0.5) is 17.5 Å². The lowest BCUT2D eigenvalue weighted by Gasteiger charge is -2.11. The van der Waals surface area contributed by atoms with E-state index in [-0.39, 0.29) is 12.3 Å². The van der Waals surface area contributed by atoms with Gasteiger partial charge in [-0.3, -0.25) is 0 Å². The Bertz CT molecular complexity index is 825. The number of aryl methyl sites for hydroxylation is 1. The molecule has 0 amide bonds. The zero-order valence-corrected chi connectivity index (χ0v) is 16.8. The molecule has 0 saturated heterocycles. The van der Waals surface area contributed by atoms with Gasteiger partial charge in [0.2, 0.25) is 16.0 Å². The third-order valence-corrected chi connectivity index (χ3v) is 5.18. The minimum absolute atomic E-state index is 0.153. The second-order valence-corrected chi connectivity index (χ2v) is 7.99. The van der Waals surface area contributed by atoms with E-state index >= 15 is 0 Å². The molecule has 0 bridgehead atoms. The molecule has 0 spiro atoms. The minimum Gasteiger partial charge on any atom is -0.497 e. The van der Waals surface area contributed by atoms with Crippen molar-refractivity contribution in [2.24, 2.45) is 0 Å². The lowest BCUT2D eigenvalue weighted by Crippen LogP contribution is -2.31. The largest absolute Gasteiger partial charge is 0.497 e. The summed E-state index contributed by atoms with van der Waals surface area (Å²) in [4.78, 5) is 8.74. The van der Waals surface area contributed by atoms with Gasteiger partial charge in [-0.15, -0.1) is 0 Å². The van der Waals surface area contributed by atoms with Crippen LogP contribution in [0.3, 0.4) is 0 Å². The molecule has 2 aromatic rings. The Labute approximate surface area is 160 Å². The minimum atomic E-state index is -3.21. The van der Waals surface area contributed by atoms with E-state index in [1.807, 2.05) is 44.2 Å². The lowest BCUT2D eigenvalue weighted by atomic mass is 10.3. The van der Waals surface area contributed by atoms with E-state index in [1.165, 1.54) is 0 Å². The average molecular weight is 394 g/mol. The fourth-order valence-electron chi connectivity index (χ4n) is 2.32. The van der Waals surface area contributed by atoms with Gasteiger partial charge in [0, 0.05) is 30.5 Å². The van der Waals surface area contributed by atoms with E-state index in [0.29, 0.717) is 24.7 Å². The molecular formula is C18H27N5O3S. The van der Waals surface area contributed by atoms with Gasteiger partial charge in [0.05, 0.1) is 12.9 Å². The number of hydrogen-bond donors (Lipinski definition) is 3. The zero-order chi connectivity index (χ0) is 19.7. The fourth-order valence-corrected chi connectivity index (χ4v) is 3.55. The molecule has 1 heterocycles. The first-order valence-corrected chi connectivity index (χ1v) is 10.5. The molecule has 1 aromatic heterocycles. The molecule has 0 aliphatic carbocycles. The van der Waals surface area contributed by atoms with Crippen molar-refractivity contribution in [2.45, 2.75) is 26.7 Å². The topological polar surface area (TPSA) is 105 Å². The van der Waals surface area contributed by atoms with Crippen molar-refractivity contribution in [2.75, 3.05) is 36.6 Å². The van der Waals surface area contributed by atoms with E-state index in [4.69, 9.17) is 4.74 Å². The summed E-state index contributed by atoms with van der Waals surface area (Å²) in [5.41, 5.74) is 1.68. The monoisotopic (exact) mass is 393 g/mol. The lowest BCUT2D eigenvalue weighted by molar-refractivity contribution is 0.415. The van der Waals surface area contributed by atoms with Gasteiger partial charge >= 0.3 is 0 Å². The van der Waals surface area contributed by atoms with Gasteiger partial charge in [0.25, 0.3) is 0 Å². The molecule has 3 N–H and O–H groups in total. The van der Waals surface area contributed by atoms with E-state index in [0.717, 1.165) is 23.6 Å². The number of ether oxygens (including phenoxy) is 1. The first-order valence-electron chi connectivity index (χ1n) is 8.90. The summed E-state index contributed by atoms with van der Waals surface area (Å²) < 4.78 is 31.3. The predicted molar refractivity (Wildman–Crippen MR) is 108 cm³/mol. The smallest absolute Gasteiger partial charge is 0.224 e. The second kappa shape index (κ2) is 10.1. The maximum Gasteiger partial charge on any atom is 0.224 e. The molecule has 1 aromatic carbocycles. The van der Waals surface area contributed by atoms with Crippen LogP contribution in [0.1, 0.15) is 25.5 Å². The quantitative estimate of drug-likeness (QED) is 0.504. The summed E-state index contributed by atoms with van der Waals surface area (Å²) in [6.45, 7) is 4.52. The van der Waals surface area contributed by atoms with Gasteiger partial charge in [0.1, 0.15) is 11.6 Å². The van der Waals surface area contributed by atoms with Gasteiger partial charge in [-0.05, 0) is 37.6 Å². The summed E-state index contributed by atoms with van der Waals surface area (Å²) in [6.07, 6.45) is 1.50. The van der Waals surface area contributed by atoms with Gasteiger partial charge in [-0.25, -0.2) is 18.1 Å². The van der Waals surface area contributed by atoms with E-state index in [1.54, 1.807) is 7.11 Å². The first-order chi connectivity index (χ1) is 12.9. The van der Waals surface area contributed by atoms with Crippen molar-refractivity contribution in [1.29, 1.82) is 0 Å². The summed E-state index contributed by atoms with van der Waals surface area (Å²) in [7, 11) is -1.59. The maximum atomic E-state index is 11.8. The molecule has 148 valence electrons. The SMILES string of the molecule is CCCCS(=O)(=O)NCCNc1nc(C)cc(Nc2ccc(OC)cc2)n1. The van der Waals surface area contributed by atoms with Crippen molar-refractivity contribution in [3.05, 3.63) is 36.0 Å². The highest BCUT2D eigenvalue weighted by atomic mass is 32.2. The second-order valence-electron chi connectivity index (χ2n) is 6.07. The number of rotatable bonds is 11. The highest BCUT2D eigenvalue weighted by Crippen LogP contribution is 2.19. The number of unbranched alkanes of at least 4 members (excludes halogenated alkanes) is 1. The summed E-state index contributed by atoms with van der Waals surface area (Å²) in [6, 6.07) is 9.35. The number of nitrogens with one attached hydrogen (secondary N) is 3. The third kappa shape index (κ3) is 7.40. The van der Waals surface area contributed by atoms with Crippen LogP contribution in [0.5, 0.6) is 5.75 Å². The molecule has 0 aliphatic rings. The van der Waals surface area contributed by atoms with Crippen LogP contribution >= 0.6 is 0 Å². The van der Waals surface area contributed by atoms with Crippen LogP contribution < -0.4 is 20.1 Å². The van der Waals surface area contributed by atoms with E-state index < -0.39 is 10.0 Å². The molecule has 9 heteroatoms. The number of anilines is 3. The van der Waals surface area contributed by atoms with Gasteiger partial charge in [-0.1, -0.05) is 13.3 Å². The number of nitrogens with zero attached hydrogens (tertiary/aromatic N) is 2.